The Balaban J connectivity index is 2.21. The monoisotopic (exact) mass is 234 g/mol. The minimum absolute atomic E-state index is 0.156. The number of aromatic hydroxyl groups is 1. The van der Waals surface area contributed by atoms with Crippen molar-refractivity contribution in [3.8, 4) is 5.75 Å². The van der Waals surface area contributed by atoms with E-state index in [1.165, 1.54) is 17.4 Å². The van der Waals surface area contributed by atoms with E-state index < -0.39 is 0 Å². The van der Waals surface area contributed by atoms with E-state index in [1.54, 1.807) is 30.6 Å². The number of rotatable bonds is 2. The SMILES string of the molecule is Cc1cc(O)ccc1C(=O)Nc1nccs1. The summed E-state index contributed by atoms with van der Waals surface area (Å²) in [6.07, 6.45) is 1.63. The summed E-state index contributed by atoms with van der Waals surface area (Å²) in [6, 6.07) is 4.63. The van der Waals surface area contributed by atoms with Crippen molar-refractivity contribution < 1.29 is 9.90 Å². The molecule has 16 heavy (non-hydrogen) atoms. The Labute approximate surface area is 96.6 Å². The second kappa shape index (κ2) is 4.32. The van der Waals surface area contributed by atoms with Crippen LogP contribution in [0.4, 0.5) is 5.13 Å². The van der Waals surface area contributed by atoms with Crippen molar-refractivity contribution in [2.24, 2.45) is 0 Å². The Morgan fingerprint density at radius 1 is 1.50 bits per heavy atom. The number of aryl methyl sites for hydroxylation is 1. The van der Waals surface area contributed by atoms with Crippen LogP contribution in [0.3, 0.4) is 0 Å². The third kappa shape index (κ3) is 2.20. The molecule has 0 spiro atoms. The minimum Gasteiger partial charge on any atom is -0.508 e. The van der Waals surface area contributed by atoms with Crippen LogP contribution >= 0.6 is 11.3 Å². The van der Waals surface area contributed by atoms with E-state index in [-0.39, 0.29) is 11.7 Å². The molecule has 0 atom stereocenters. The first-order valence-electron chi connectivity index (χ1n) is 4.67. The van der Waals surface area contributed by atoms with E-state index in [0.717, 1.165) is 5.56 Å². The highest BCUT2D eigenvalue weighted by Crippen LogP contribution is 2.18. The van der Waals surface area contributed by atoms with E-state index in [2.05, 4.69) is 10.3 Å². The maximum Gasteiger partial charge on any atom is 0.257 e. The van der Waals surface area contributed by atoms with Crippen molar-refractivity contribution in [1.82, 2.24) is 4.98 Å². The lowest BCUT2D eigenvalue weighted by molar-refractivity contribution is 0.102. The number of carbonyl (C=O) groups excluding carboxylic acids is 1. The zero-order valence-corrected chi connectivity index (χ0v) is 9.41. The number of carbonyl (C=O) groups is 1. The molecule has 1 aromatic carbocycles. The van der Waals surface area contributed by atoms with Gasteiger partial charge in [0.05, 0.1) is 0 Å². The summed E-state index contributed by atoms with van der Waals surface area (Å²) in [5.41, 5.74) is 1.27. The van der Waals surface area contributed by atoms with Crippen molar-refractivity contribution >= 4 is 22.4 Å². The van der Waals surface area contributed by atoms with Crippen LogP contribution < -0.4 is 5.32 Å². The van der Waals surface area contributed by atoms with Gasteiger partial charge in [-0.15, -0.1) is 11.3 Å². The average molecular weight is 234 g/mol. The van der Waals surface area contributed by atoms with Gasteiger partial charge in [0.15, 0.2) is 5.13 Å². The number of amides is 1. The van der Waals surface area contributed by atoms with Crippen molar-refractivity contribution in [1.29, 1.82) is 0 Å². The maximum atomic E-state index is 11.8. The Kier molecular flexibility index (Phi) is 2.87. The van der Waals surface area contributed by atoms with E-state index in [4.69, 9.17) is 0 Å². The minimum atomic E-state index is -0.215. The fraction of sp³-hybridized carbons (Fsp3) is 0.0909. The van der Waals surface area contributed by atoms with Crippen LogP contribution in [-0.4, -0.2) is 16.0 Å². The molecule has 0 aliphatic heterocycles. The topological polar surface area (TPSA) is 62.2 Å². The quantitative estimate of drug-likeness (QED) is 0.838. The summed E-state index contributed by atoms with van der Waals surface area (Å²) in [5.74, 6) is -0.0595. The van der Waals surface area contributed by atoms with Gasteiger partial charge in [-0.05, 0) is 30.7 Å². The van der Waals surface area contributed by atoms with E-state index in [1.807, 2.05) is 0 Å². The van der Waals surface area contributed by atoms with Gasteiger partial charge in [-0.2, -0.15) is 0 Å². The zero-order chi connectivity index (χ0) is 11.5. The van der Waals surface area contributed by atoms with Crippen molar-refractivity contribution in [2.75, 3.05) is 5.32 Å². The highest BCUT2D eigenvalue weighted by Gasteiger charge is 2.10. The first kappa shape index (κ1) is 10.6. The lowest BCUT2D eigenvalue weighted by Crippen LogP contribution is -2.12. The lowest BCUT2D eigenvalue weighted by atomic mass is 10.1. The Bertz CT molecular complexity index is 509. The first-order chi connectivity index (χ1) is 7.66. The third-order valence-electron chi connectivity index (χ3n) is 2.11. The molecule has 1 amide bonds. The molecule has 2 N–H and O–H groups in total. The largest absolute Gasteiger partial charge is 0.508 e. The average Bonchev–Trinajstić information content (AvgIpc) is 2.70. The molecule has 4 nitrogen and oxygen atoms in total. The normalized spacial score (nSPS) is 10.1. The predicted octanol–water partition coefficient (Wildman–Crippen LogP) is 2.41. The summed E-state index contributed by atoms with van der Waals surface area (Å²) in [5, 5.41) is 14.3. The number of phenols is 1. The van der Waals surface area contributed by atoms with Gasteiger partial charge in [-0.1, -0.05) is 0 Å². The number of nitrogens with zero attached hydrogens (tertiary/aromatic N) is 1. The molecule has 1 aromatic heterocycles. The Hall–Kier alpha value is -1.88. The molecule has 1 heterocycles. The summed E-state index contributed by atoms with van der Waals surface area (Å²) in [6.45, 7) is 1.77. The van der Waals surface area contributed by atoms with Gasteiger partial charge >= 0.3 is 0 Å². The number of anilines is 1. The fourth-order valence-electron chi connectivity index (χ4n) is 1.35. The van der Waals surface area contributed by atoms with Gasteiger partial charge in [0, 0.05) is 17.1 Å². The standard InChI is InChI=1S/C11H10N2O2S/c1-7-6-8(14)2-3-9(7)10(15)13-11-12-4-5-16-11/h2-6,14H,1H3,(H,12,13,15). The summed E-state index contributed by atoms with van der Waals surface area (Å²) in [4.78, 5) is 15.8. The van der Waals surface area contributed by atoms with E-state index in [9.17, 15) is 9.90 Å². The van der Waals surface area contributed by atoms with E-state index in [0.29, 0.717) is 10.7 Å². The van der Waals surface area contributed by atoms with Gasteiger partial charge < -0.3 is 5.11 Å². The number of thiazole rings is 1. The van der Waals surface area contributed by atoms with Crippen LogP contribution in [0.25, 0.3) is 0 Å². The summed E-state index contributed by atoms with van der Waals surface area (Å²) in [7, 11) is 0. The molecule has 5 heteroatoms. The summed E-state index contributed by atoms with van der Waals surface area (Å²) >= 11 is 1.36. The fourth-order valence-corrected chi connectivity index (χ4v) is 1.88. The molecule has 0 aliphatic carbocycles. The molecule has 2 aromatic rings. The first-order valence-corrected chi connectivity index (χ1v) is 5.55. The Morgan fingerprint density at radius 3 is 2.94 bits per heavy atom. The predicted molar refractivity (Wildman–Crippen MR) is 62.9 cm³/mol. The lowest BCUT2D eigenvalue weighted by Gasteiger charge is -2.05. The van der Waals surface area contributed by atoms with Crippen molar-refractivity contribution in [2.45, 2.75) is 6.92 Å². The smallest absolute Gasteiger partial charge is 0.257 e. The van der Waals surface area contributed by atoms with Crippen molar-refractivity contribution in [3.05, 3.63) is 40.9 Å². The molecular weight excluding hydrogens is 224 g/mol. The molecule has 2 rings (SSSR count). The number of hydrogen-bond donors (Lipinski definition) is 2. The second-order valence-corrected chi connectivity index (χ2v) is 4.19. The van der Waals surface area contributed by atoms with Gasteiger partial charge in [-0.3, -0.25) is 10.1 Å². The molecule has 0 saturated carbocycles. The van der Waals surface area contributed by atoms with Crippen LogP contribution in [0.5, 0.6) is 5.75 Å². The number of aromatic nitrogens is 1. The third-order valence-corrected chi connectivity index (χ3v) is 2.80. The Morgan fingerprint density at radius 2 is 2.31 bits per heavy atom. The molecule has 82 valence electrons. The molecule has 0 unspecified atom stereocenters. The highest BCUT2D eigenvalue weighted by molar-refractivity contribution is 7.13. The van der Waals surface area contributed by atoms with Gasteiger partial charge in [-0.25, -0.2) is 4.98 Å². The summed E-state index contributed by atoms with van der Waals surface area (Å²) < 4.78 is 0. The second-order valence-electron chi connectivity index (χ2n) is 3.29. The number of nitrogens with one attached hydrogen (secondary N) is 1. The highest BCUT2D eigenvalue weighted by atomic mass is 32.1. The van der Waals surface area contributed by atoms with Gasteiger partial charge in [0.1, 0.15) is 5.75 Å². The molecule has 0 radical (unpaired) electrons. The van der Waals surface area contributed by atoms with Crippen LogP contribution in [0.15, 0.2) is 29.8 Å². The van der Waals surface area contributed by atoms with Crippen LogP contribution in [0, 0.1) is 6.92 Å². The number of phenolic OH excluding ortho intramolecular Hbond substituents is 1. The van der Waals surface area contributed by atoms with Crippen LogP contribution in [-0.2, 0) is 0 Å². The molecule has 0 aliphatic rings. The van der Waals surface area contributed by atoms with Crippen LogP contribution in [0.2, 0.25) is 0 Å². The number of benzene rings is 1. The maximum absolute atomic E-state index is 11.8. The molecule has 0 saturated heterocycles. The number of hydrogen-bond acceptors (Lipinski definition) is 4. The van der Waals surface area contributed by atoms with Crippen LogP contribution in [0.1, 0.15) is 15.9 Å². The molecule has 0 fully saturated rings. The van der Waals surface area contributed by atoms with E-state index >= 15 is 0 Å². The van der Waals surface area contributed by atoms with Gasteiger partial charge in [0.25, 0.3) is 5.91 Å². The van der Waals surface area contributed by atoms with Crippen molar-refractivity contribution in [3.63, 3.8) is 0 Å². The molecule has 0 bridgehead atoms. The van der Waals surface area contributed by atoms with Gasteiger partial charge in [0.2, 0.25) is 0 Å². The molecular formula is C11H10N2O2S. The zero-order valence-electron chi connectivity index (χ0n) is 8.60.